The van der Waals surface area contributed by atoms with Crippen LogP contribution in [0.1, 0.15) is 11.1 Å². The van der Waals surface area contributed by atoms with Crippen LogP contribution in [0.3, 0.4) is 0 Å². The summed E-state index contributed by atoms with van der Waals surface area (Å²) in [5, 5.41) is 9.88. The van der Waals surface area contributed by atoms with Crippen LogP contribution in [-0.2, 0) is 10.8 Å². The third-order valence-electron chi connectivity index (χ3n) is 2.09. The molecule has 0 fully saturated rings. The average Bonchev–Trinajstić information content (AvgIpc) is 2.12. The predicted octanol–water partition coefficient (Wildman–Crippen LogP) is 1.52. The molecular weight excluding hydrogens is 300 g/mol. The fourth-order valence-corrected chi connectivity index (χ4v) is 1.71. The largest absolute Gasteiger partial charge is 0.489 e. The Balaban J connectivity index is 3.57. The molecule has 0 aromatic heterocycles. The zero-order valence-corrected chi connectivity index (χ0v) is 9.98. The Kier molecular flexibility index (Phi) is 4.07. The second kappa shape index (κ2) is 4.77. The van der Waals surface area contributed by atoms with Crippen LogP contribution in [0.25, 0.3) is 0 Å². The molecule has 0 spiro atoms. The van der Waals surface area contributed by atoms with Gasteiger partial charge >= 0.3 is 17.9 Å². The Labute approximate surface area is 109 Å². The van der Waals surface area contributed by atoms with Gasteiger partial charge in [0.2, 0.25) is 0 Å². The molecule has 0 radical (unpaired) electrons. The SMILES string of the molecule is Nc1cc(C(F)(F)Cl)cc(B(O)O)c1C(F)(F)Cl. The van der Waals surface area contributed by atoms with Gasteiger partial charge in [-0.05, 0) is 34.7 Å². The van der Waals surface area contributed by atoms with Crippen molar-refractivity contribution < 1.29 is 27.6 Å². The monoisotopic (exact) mass is 305 g/mol. The van der Waals surface area contributed by atoms with Crippen molar-refractivity contribution in [1.29, 1.82) is 0 Å². The molecule has 0 aliphatic carbocycles. The quantitative estimate of drug-likeness (QED) is 0.343. The number of hydrogen-bond donors (Lipinski definition) is 3. The van der Waals surface area contributed by atoms with E-state index in [4.69, 9.17) is 39.0 Å². The van der Waals surface area contributed by atoms with Crippen molar-refractivity contribution in [3.63, 3.8) is 0 Å². The number of rotatable bonds is 3. The van der Waals surface area contributed by atoms with Crippen LogP contribution in [0.4, 0.5) is 23.2 Å². The summed E-state index contributed by atoms with van der Waals surface area (Å²) in [4.78, 5) is 0. The molecule has 0 aliphatic rings. The summed E-state index contributed by atoms with van der Waals surface area (Å²) in [5.41, 5.74) is 1.30. The summed E-state index contributed by atoms with van der Waals surface area (Å²) in [6.07, 6.45) is 0. The molecule has 0 bridgehead atoms. The van der Waals surface area contributed by atoms with Gasteiger partial charge in [-0.2, -0.15) is 17.6 Å². The molecule has 1 aromatic rings. The highest BCUT2D eigenvalue weighted by molar-refractivity contribution is 6.59. The molecule has 3 nitrogen and oxygen atoms in total. The minimum Gasteiger partial charge on any atom is -0.423 e. The molecule has 0 unspecified atom stereocenters. The number of anilines is 1. The summed E-state index contributed by atoms with van der Waals surface area (Å²) in [6.45, 7) is 0. The van der Waals surface area contributed by atoms with E-state index in [1.54, 1.807) is 0 Å². The van der Waals surface area contributed by atoms with Crippen molar-refractivity contribution >= 4 is 41.5 Å². The van der Waals surface area contributed by atoms with E-state index >= 15 is 0 Å². The molecular formula is C8H6BCl2F4NO2. The molecule has 0 aliphatic heterocycles. The van der Waals surface area contributed by atoms with Crippen LogP contribution in [0.5, 0.6) is 0 Å². The maximum Gasteiger partial charge on any atom is 0.489 e. The molecule has 0 heterocycles. The maximum atomic E-state index is 13.0. The van der Waals surface area contributed by atoms with E-state index < -0.39 is 40.2 Å². The summed E-state index contributed by atoms with van der Waals surface area (Å²) >= 11 is 9.42. The molecule has 0 amide bonds. The number of alkyl halides is 6. The van der Waals surface area contributed by atoms with Crippen molar-refractivity contribution in [1.82, 2.24) is 0 Å². The smallest absolute Gasteiger partial charge is 0.423 e. The average molecular weight is 306 g/mol. The summed E-state index contributed by atoms with van der Waals surface area (Å²) in [5.74, 6) is 0. The number of nitrogens with two attached hydrogens (primary N) is 1. The standard InChI is InChI=1S/C8H6BCl2F4NO2/c10-7(12,13)3-1-4(9(17)18)6(5(16)2-3)8(11,14)15/h1-2,17-18H,16H2. The van der Waals surface area contributed by atoms with E-state index in [-0.39, 0.29) is 0 Å². The molecule has 1 aromatic carbocycles. The van der Waals surface area contributed by atoms with Gasteiger partial charge in [-0.1, -0.05) is 6.07 Å². The van der Waals surface area contributed by atoms with Gasteiger partial charge in [-0.15, -0.1) is 0 Å². The fraction of sp³-hybridized carbons (Fsp3) is 0.250. The second-order valence-corrected chi connectivity index (χ2v) is 4.35. The van der Waals surface area contributed by atoms with E-state index in [0.717, 1.165) is 0 Å². The van der Waals surface area contributed by atoms with E-state index in [9.17, 15) is 17.6 Å². The summed E-state index contributed by atoms with van der Waals surface area (Å²) in [6, 6.07) is 0.893. The van der Waals surface area contributed by atoms with Crippen molar-refractivity contribution in [3.05, 3.63) is 23.3 Å². The topological polar surface area (TPSA) is 66.5 Å². The molecule has 18 heavy (non-hydrogen) atoms. The first kappa shape index (κ1) is 15.4. The van der Waals surface area contributed by atoms with E-state index in [0.29, 0.717) is 12.1 Å². The lowest BCUT2D eigenvalue weighted by molar-refractivity contribution is 0.0919. The van der Waals surface area contributed by atoms with Crippen LogP contribution < -0.4 is 11.2 Å². The van der Waals surface area contributed by atoms with Gasteiger partial charge in [-0.25, -0.2) is 0 Å². The zero-order chi connectivity index (χ0) is 14.3. The van der Waals surface area contributed by atoms with Gasteiger partial charge in [0, 0.05) is 11.3 Å². The number of nitrogen functional groups attached to an aromatic ring is 1. The highest BCUT2D eigenvalue weighted by atomic mass is 35.5. The normalized spacial score (nSPS) is 12.7. The molecule has 1 rings (SSSR count). The third kappa shape index (κ3) is 3.20. The van der Waals surface area contributed by atoms with Crippen LogP contribution in [-0.4, -0.2) is 17.2 Å². The molecule has 4 N–H and O–H groups in total. The van der Waals surface area contributed by atoms with Gasteiger partial charge in [0.05, 0.1) is 5.56 Å². The van der Waals surface area contributed by atoms with E-state index in [1.807, 2.05) is 0 Å². The Morgan fingerprint density at radius 2 is 1.56 bits per heavy atom. The van der Waals surface area contributed by atoms with Crippen molar-refractivity contribution in [2.45, 2.75) is 10.8 Å². The lowest BCUT2D eigenvalue weighted by atomic mass is 9.75. The highest BCUT2D eigenvalue weighted by Crippen LogP contribution is 2.39. The molecule has 0 atom stereocenters. The van der Waals surface area contributed by atoms with Crippen LogP contribution >= 0.6 is 23.2 Å². The Bertz CT molecular complexity index is 462. The molecule has 0 saturated heterocycles. The lowest BCUT2D eigenvalue weighted by Gasteiger charge is -2.19. The molecule has 10 heteroatoms. The Morgan fingerprint density at radius 1 is 1.06 bits per heavy atom. The Hall–Kier alpha value is -0.695. The van der Waals surface area contributed by atoms with Gasteiger partial charge in [0.15, 0.2) is 0 Å². The first-order chi connectivity index (χ1) is 7.94. The predicted molar refractivity (Wildman–Crippen MR) is 60.2 cm³/mol. The lowest BCUT2D eigenvalue weighted by Crippen LogP contribution is -2.37. The van der Waals surface area contributed by atoms with Crippen molar-refractivity contribution in [2.24, 2.45) is 0 Å². The van der Waals surface area contributed by atoms with Gasteiger partial charge in [-0.3, -0.25) is 0 Å². The second-order valence-electron chi connectivity index (χ2n) is 3.40. The van der Waals surface area contributed by atoms with Crippen LogP contribution in [0.15, 0.2) is 12.1 Å². The van der Waals surface area contributed by atoms with Crippen molar-refractivity contribution in [2.75, 3.05) is 5.73 Å². The minimum atomic E-state index is -4.04. The number of halogens is 6. The first-order valence-corrected chi connectivity index (χ1v) is 5.14. The zero-order valence-electron chi connectivity index (χ0n) is 8.47. The van der Waals surface area contributed by atoms with E-state index in [1.165, 1.54) is 0 Å². The van der Waals surface area contributed by atoms with Crippen molar-refractivity contribution in [3.8, 4) is 0 Å². The van der Waals surface area contributed by atoms with Crippen LogP contribution in [0, 0.1) is 0 Å². The Morgan fingerprint density at radius 3 is 1.89 bits per heavy atom. The first-order valence-electron chi connectivity index (χ1n) is 4.38. The van der Waals surface area contributed by atoms with E-state index in [2.05, 4.69) is 0 Å². The third-order valence-corrected chi connectivity index (χ3v) is 2.50. The molecule has 100 valence electrons. The minimum absolute atomic E-state index is 0.402. The van der Waals surface area contributed by atoms with Gasteiger partial charge < -0.3 is 15.8 Å². The summed E-state index contributed by atoms with van der Waals surface area (Å²) < 4.78 is 51.7. The molecule has 0 saturated carbocycles. The van der Waals surface area contributed by atoms with Crippen LogP contribution in [0.2, 0.25) is 0 Å². The number of benzene rings is 1. The van der Waals surface area contributed by atoms with Gasteiger partial charge in [0.1, 0.15) is 0 Å². The summed E-state index contributed by atoms with van der Waals surface area (Å²) in [7, 11) is -2.45. The van der Waals surface area contributed by atoms with Gasteiger partial charge in [0.25, 0.3) is 0 Å². The maximum absolute atomic E-state index is 13.0. The highest BCUT2D eigenvalue weighted by Gasteiger charge is 2.39. The fourth-order valence-electron chi connectivity index (χ4n) is 1.38. The number of hydrogen-bond acceptors (Lipinski definition) is 3.